The molecule has 2 rings (SSSR count). The molecule has 19 heavy (non-hydrogen) atoms. The molecule has 0 aromatic rings. The molecule has 3 heteroatoms. The largest absolute Gasteiger partial charge is 0.378 e. The first kappa shape index (κ1) is 14.7. The molecule has 2 atom stereocenters. The standard InChI is InChI=1S/C16H27NO2/c1-3-4-5-6-7-8-16(18)13-9-14-11-19-12-15(10-13)17(14)2/h3,13-15H,1,4-12H2,2H3. The summed E-state index contributed by atoms with van der Waals surface area (Å²) in [4.78, 5) is 14.7. The number of ketones is 1. The first-order valence-electron chi connectivity index (χ1n) is 7.65. The molecule has 2 fully saturated rings. The minimum absolute atomic E-state index is 0.287. The van der Waals surface area contributed by atoms with Crippen molar-refractivity contribution in [2.75, 3.05) is 20.3 Å². The topological polar surface area (TPSA) is 29.5 Å². The second kappa shape index (κ2) is 7.20. The van der Waals surface area contributed by atoms with E-state index in [2.05, 4.69) is 18.5 Å². The molecule has 0 spiro atoms. The Kier molecular flexibility index (Phi) is 5.59. The molecule has 0 aliphatic carbocycles. The number of piperidine rings is 1. The SMILES string of the molecule is C=CCCCCCC(=O)C1CC2COCC(C1)N2C. The predicted octanol–water partition coefficient (Wildman–Crippen LogP) is 2.80. The van der Waals surface area contributed by atoms with Gasteiger partial charge in [0.05, 0.1) is 13.2 Å². The van der Waals surface area contributed by atoms with Crippen LogP contribution in [0, 0.1) is 5.92 Å². The summed E-state index contributed by atoms with van der Waals surface area (Å²) in [5.41, 5.74) is 0. The Morgan fingerprint density at radius 2 is 1.95 bits per heavy atom. The smallest absolute Gasteiger partial charge is 0.136 e. The van der Waals surface area contributed by atoms with Crippen molar-refractivity contribution < 1.29 is 9.53 Å². The van der Waals surface area contributed by atoms with Gasteiger partial charge in [-0.15, -0.1) is 6.58 Å². The fourth-order valence-electron chi connectivity index (χ4n) is 3.33. The highest BCUT2D eigenvalue weighted by Crippen LogP contribution is 2.31. The molecule has 0 saturated carbocycles. The number of allylic oxidation sites excluding steroid dienone is 1. The number of morpholine rings is 1. The zero-order chi connectivity index (χ0) is 13.7. The van der Waals surface area contributed by atoms with Gasteiger partial charge in [-0.05, 0) is 39.2 Å². The minimum atomic E-state index is 0.287. The van der Waals surface area contributed by atoms with Crippen LogP contribution in [0.3, 0.4) is 0 Å². The number of carbonyl (C=O) groups excluding carboxylic acids is 1. The number of hydrogen-bond donors (Lipinski definition) is 0. The van der Waals surface area contributed by atoms with Crippen molar-refractivity contribution in [2.45, 2.75) is 57.0 Å². The van der Waals surface area contributed by atoms with Gasteiger partial charge in [0.1, 0.15) is 5.78 Å². The van der Waals surface area contributed by atoms with Crippen molar-refractivity contribution in [1.82, 2.24) is 4.90 Å². The van der Waals surface area contributed by atoms with Crippen LogP contribution in [0.5, 0.6) is 0 Å². The van der Waals surface area contributed by atoms with Crippen molar-refractivity contribution in [3.63, 3.8) is 0 Å². The average molecular weight is 265 g/mol. The van der Waals surface area contributed by atoms with E-state index in [-0.39, 0.29) is 5.92 Å². The normalized spacial score (nSPS) is 31.1. The van der Waals surface area contributed by atoms with Gasteiger partial charge in [0.15, 0.2) is 0 Å². The minimum Gasteiger partial charge on any atom is -0.378 e. The summed E-state index contributed by atoms with van der Waals surface area (Å²) in [6.45, 7) is 5.33. The maximum absolute atomic E-state index is 12.3. The first-order valence-corrected chi connectivity index (χ1v) is 7.65. The van der Waals surface area contributed by atoms with Crippen LogP contribution in [0.25, 0.3) is 0 Å². The zero-order valence-corrected chi connectivity index (χ0v) is 12.1. The molecular weight excluding hydrogens is 238 g/mol. The van der Waals surface area contributed by atoms with Gasteiger partial charge in [-0.2, -0.15) is 0 Å². The molecule has 2 heterocycles. The highest BCUT2D eigenvalue weighted by Gasteiger charge is 2.38. The van der Waals surface area contributed by atoms with Gasteiger partial charge in [0.2, 0.25) is 0 Å². The van der Waals surface area contributed by atoms with Crippen molar-refractivity contribution >= 4 is 5.78 Å². The first-order chi connectivity index (χ1) is 9.22. The molecule has 0 amide bonds. The van der Waals surface area contributed by atoms with E-state index in [4.69, 9.17) is 4.74 Å². The van der Waals surface area contributed by atoms with Crippen molar-refractivity contribution in [1.29, 1.82) is 0 Å². The molecule has 108 valence electrons. The highest BCUT2D eigenvalue weighted by molar-refractivity contribution is 5.81. The van der Waals surface area contributed by atoms with Crippen LogP contribution in [-0.2, 0) is 9.53 Å². The van der Waals surface area contributed by atoms with Gasteiger partial charge in [0.25, 0.3) is 0 Å². The number of hydrogen-bond acceptors (Lipinski definition) is 3. The van der Waals surface area contributed by atoms with E-state index >= 15 is 0 Å². The van der Waals surface area contributed by atoms with Gasteiger partial charge in [-0.3, -0.25) is 9.69 Å². The summed E-state index contributed by atoms with van der Waals surface area (Å²) in [6, 6.07) is 0.921. The number of ether oxygens (including phenoxy) is 1. The quantitative estimate of drug-likeness (QED) is 0.523. The second-order valence-corrected chi connectivity index (χ2v) is 6.03. The lowest BCUT2D eigenvalue weighted by Gasteiger charge is -2.46. The van der Waals surface area contributed by atoms with E-state index in [0.717, 1.165) is 51.7 Å². The lowest BCUT2D eigenvalue weighted by atomic mass is 9.81. The van der Waals surface area contributed by atoms with E-state index in [9.17, 15) is 4.79 Å². The Hall–Kier alpha value is -0.670. The van der Waals surface area contributed by atoms with E-state index in [1.807, 2.05) is 6.08 Å². The van der Waals surface area contributed by atoms with Crippen molar-refractivity contribution in [2.24, 2.45) is 5.92 Å². The van der Waals surface area contributed by atoms with Gasteiger partial charge in [-0.1, -0.05) is 12.5 Å². The van der Waals surface area contributed by atoms with Crippen molar-refractivity contribution in [3.8, 4) is 0 Å². The predicted molar refractivity (Wildman–Crippen MR) is 77.2 cm³/mol. The number of fused-ring (bicyclic) bond motifs is 2. The monoisotopic (exact) mass is 265 g/mol. The Bertz CT molecular complexity index is 302. The molecule has 2 bridgehead atoms. The van der Waals surface area contributed by atoms with Crippen LogP contribution < -0.4 is 0 Å². The Morgan fingerprint density at radius 3 is 2.58 bits per heavy atom. The number of unbranched alkanes of at least 4 members (excludes halogenated alkanes) is 3. The lowest BCUT2D eigenvalue weighted by Crippen LogP contribution is -2.55. The number of likely N-dealkylation sites (N-methyl/N-ethyl adjacent to an activating group) is 1. The van der Waals surface area contributed by atoms with Crippen LogP contribution in [0.2, 0.25) is 0 Å². The second-order valence-electron chi connectivity index (χ2n) is 6.03. The summed E-state index contributed by atoms with van der Waals surface area (Å²) in [5.74, 6) is 0.776. The fourth-order valence-corrected chi connectivity index (χ4v) is 3.33. The van der Waals surface area contributed by atoms with Crippen molar-refractivity contribution in [3.05, 3.63) is 12.7 Å². The maximum Gasteiger partial charge on any atom is 0.136 e. The lowest BCUT2D eigenvalue weighted by molar-refractivity contribution is -0.131. The third-order valence-electron chi connectivity index (χ3n) is 4.67. The average Bonchev–Trinajstić information content (AvgIpc) is 2.38. The molecule has 2 aliphatic rings. The molecule has 0 aromatic carbocycles. The molecule has 0 radical (unpaired) electrons. The molecule has 3 nitrogen and oxygen atoms in total. The maximum atomic E-state index is 12.3. The van der Waals surface area contributed by atoms with Crippen LogP contribution in [-0.4, -0.2) is 43.0 Å². The summed E-state index contributed by atoms with van der Waals surface area (Å²) in [6.07, 6.45) is 9.17. The highest BCUT2D eigenvalue weighted by atomic mass is 16.5. The Labute approximate surface area is 117 Å². The van der Waals surface area contributed by atoms with E-state index in [1.165, 1.54) is 6.42 Å². The van der Waals surface area contributed by atoms with E-state index in [1.54, 1.807) is 0 Å². The van der Waals surface area contributed by atoms with Crippen LogP contribution >= 0.6 is 0 Å². The summed E-state index contributed by atoms with van der Waals surface area (Å²) >= 11 is 0. The molecule has 0 aromatic heterocycles. The van der Waals surface area contributed by atoms with Crippen LogP contribution in [0.1, 0.15) is 44.9 Å². The van der Waals surface area contributed by atoms with Crippen LogP contribution in [0.4, 0.5) is 0 Å². The summed E-state index contributed by atoms with van der Waals surface area (Å²) in [7, 11) is 2.17. The molecule has 2 unspecified atom stereocenters. The summed E-state index contributed by atoms with van der Waals surface area (Å²) in [5, 5.41) is 0. The van der Waals surface area contributed by atoms with Gasteiger partial charge < -0.3 is 4.74 Å². The van der Waals surface area contributed by atoms with Crippen LogP contribution in [0.15, 0.2) is 12.7 Å². The zero-order valence-electron chi connectivity index (χ0n) is 12.1. The van der Waals surface area contributed by atoms with Gasteiger partial charge >= 0.3 is 0 Å². The van der Waals surface area contributed by atoms with Gasteiger partial charge in [0, 0.05) is 24.4 Å². The summed E-state index contributed by atoms with van der Waals surface area (Å²) < 4.78 is 5.60. The third kappa shape index (κ3) is 3.90. The third-order valence-corrected chi connectivity index (χ3v) is 4.67. The number of Topliss-reactive ketones (excluding diaryl/α,β-unsaturated/α-hetero) is 1. The Balaban J connectivity index is 1.73. The fraction of sp³-hybridized carbons (Fsp3) is 0.812. The Morgan fingerprint density at radius 1 is 1.26 bits per heavy atom. The van der Waals surface area contributed by atoms with Gasteiger partial charge in [-0.25, -0.2) is 0 Å². The molecular formula is C16H27NO2. The number of nitrogens with zero attached hydrogens (tertiary/aromatic N) is 1. The van der Waals surface area contributed by atoms with E-state index in [0.29, 0.717) is 17.9 Å². The number of rotatable bonds is 7. The van der Waals surface area contributed by atoms with E-state index < -0.39 is 0 Å². The molecule has 2 saturated heterocycles. The number of carbonyl (C=O) groups is 1. The molecule has 0 N–H and O–H groups in total. The molecule has 2 aliphatic heterocycles.